The maximum atomic E-state index is 12.4. The maximum absolute atomic E-state index is 12.4. The fourth-order valence-electron chi connectivity index (χ4n) is 2.65. The largest absolute Gasteiger partial charge is 0.493 e. The van der Waals surface area contributed by atoms with Crippen molar-refractivity contribution >= 4 is 11.9 Å². The average Bonchev–Trinajstić information content (AvgIpc) is 3.23. The SMILES string of the molecule is C=CCCC(=O)NCc1nc(C(=O)OCC#N)c(-c2cc(OC)c(OC)c(OC)c2)o1. The van der Waals surface area contributed by atoms with Crippen molar-refractivity contribution in [1.82, 2.24) is 10.3 Å². The molecule has 0 bridgehead atoms. The zero-order chi connectivity index (χ0) is 22.8. The highest BCUT2D eigenvalue weighted by Gasteiger charge is 2.25. The van der Waals surface area contributed by atoms with Gasteiger partial charge >= 0.3 is 5.97 Å². The lowest BCUT2D eigenvalue weighted by molar-refractivity contribution is -0.121. The average molecular weight is 429 g/mol. The molecule has 0 aliphatic carbocycles. The number of nitrogens with one attached hydrogen (secondary N) is 1. The lowest BCUT2D eigenvalue weighted by Gasteiger charge is -2.13. The van der Waals surface area contributed by atoms with E-state index in [-0.39, 0.29) is 36.2 Å². The van der Waals surface area contributed by atoms with Gasteiger partial charge in [0, 0.05) is 12.0 Å². The monoisotopic (exact) mass is 429 g/mol. The molecule has 0 atom stereocenters. The normalized spacial score (nSPS) is 10.0. The van der Waals surface area contributed by atoms with Crippen LogP contribution in [0.4, 0.5) is 0 Å². The number of nitrogens with zero attached hydrogens (tertiary/aromatic N) is 2. The number of amides is 1. The molecule has 0 radical (unpaired) electrons. The Kier molecular flexibility index (Phi) is 8.45. The number of hydrogen-bond acceptors (Lipinski definition) is 9. The van der Waals surface area contributed by atoms with E-state index in [1.807, 2.05) is 0 Å². The van der Waals surface area contributed by atoms with Gasteiger partial charge in [0.1, 0.15) is 6.07 Å². The lowest BCUT2D eigenvalue weighted by Crippen LogP contribution is -2.22. The first-order chi connectivity index (χ1) is 15.0. The quantitative estimate of drug-likeness (QED) is 0.423. The second-order valence-corrected chi connectivity index (χ2v) is 6.04. The third-order valence-electron chi connectivity index (χ3n) is 4.07. The third kappa shape index (κ3) is 5.76. The van der Waals surface area contributed by atoms with Crippen LogP contribution in [0.2, 0.25) is 0 Å². The van der Waals surface area contributed by atoms with E-state index in [0.29, 0.717) is 29.2 Å². The van der Waals surface area contributed by atoms with Crippen molar-refractivity contribution in [3.8, 4) is 34.6 Å². The first kappa shape index (κ1) is 23.3. The van der Waals surface area contributed by atoms with Crippen molar-refractivity contribution < 1.29 is 33.0 Å². The predicted octanol–water partition coefficient (Wildman–Crippen LogP) is 2.63. The topological polar surface area (TPSA) is 133 Å². The summed E-state index contributed by atoms with van der Waals surface area (Å²) in [4.78, 5) is 28.4. The zero-order valence-corrected chi connectivity index (χ0v) is 17.5. The van der Waals surface area contributed by atoms with Gasteiger partial charge in [0.05, 0.1) is 27.9 Å². The summed E-state index contributed by atoms with van der Waals surface area (Å²) >= 11 is 0. The van der Waals surface area contributed by atoms with E-state index in [9.17, 15) is 9.59 Å². The minimum absolute atomic E-state index is 0.0427. The Bertz CT molecular complexity index is 966. The van der Waals surface area contributed by atoms with Gasteiger partial charge < -0.3 is 28.7 Å². The Morgan fingerprint density at radius 2 is 1.90 bits per heavy atom. The van der Waals surface area contributed by atoms with Crippen molar-refractivity contribution in [2.75, 3.05) is 27.9 Å². The van der Waals surface area contributed by atoms with Crippen LogP contribution in [-0.4, -0.2) is 44.8 Å². The van der Waals surface area contributed by atoms with E-state index in [1.54, 1.807) is 24.3 Å². The molecule has 0 saturated heterocycles. The number of nitriles is 1. The van der Waals surface area contributed by atoms with Crippen LogP contribution < -0.4 is 19.5 Å². The molecule has 10 heteroatoms. The second kappa shape index (κ2) is 11.3. The molecule has 1 N–H and O–H groups in total. The molecule has 0 saturated carbocycles. The van der Waals surface area contributed by atoms with Crippen LogP contribution in [-0.2, 0) is 16.1 Å². The summed E-state index contributed by atoms with van der Waals surface area (Å²) < 4.78 is 26.6. The van der Waals surface area contributed by atoms with Gasteiger partial charge in [-0.05, 0) is 18.6 Å². The lowest BCUT2D eigenvalue weighted by atomic mass is 10.1. The molecule has 2 aromatic rings. The minimum atomic E-state index is -0.849. The molecule has 1 aromatic heterocycles. The van der Waals surface area contributed by atoms with Crippen LogP contribution in [0.1, 0.15) is 29.2 Å². The number of carbonyl (C=O) groups is 2. The fraction of sp³-hybridized carbons (Fsp3) is 0.333. The van der Waals surface area contributed by atoms with Gasteiger partial charge in [0.15, 0.2) is 29.6 Å². The molecule has 0 aliphatic heterocycles. The number of allylic oxidation sites excluding steroid dienone is 1. The Morgan fingerprint density at radius 1 is 1.23 bits per heavy atom. The van der Waals surface area contributed by atoms with Gasteiger partial charge in [-0.1, -0.05) is 6.08 Å². The first-order valence-electron chi connectivity index (χ1n) is 9.20. The molecule has 2 rings (SSSR count). The highest BCUT2D eigenvalue weighted by Crippen LogP contribution is 2.42. The summed E-state index contributed by atoms with van der Waals surface area (Å²) in [7, 11) is 4.37. The zero-order valence-electron chi connectivity index (χ0n) is 17.5. The smallest absolute Gasteiger partial charge is 0.362 e. The van der Waals surface area contributed by atoms with Gasteiger partial charge in [-0.2, -0.15) is 5.26 Å². The molecule has 1 amide bonds. The van der Waals surface area contributed by atoms with Crippen molar-refractivity contribution in [1.29, 1.82) is 5.26 Å². The Labute approximate surface area is 179 Å². The number of methoxy groups -OCH3 is 3. The fourth-order valence-corrected chi connectivity index (χ4v) is 2.65. The van der Waals surface area contributed by atoms with Crippen LogP contribution in [0.15, 0.2) is 29.2 Å². The summed E-state index contributed by atoms with van der Waals surface area (Å²) in [5.74, 6) is 0.112. The molecule has 10 nitrogen and oxygen atoms in total. The molecule has 0 unspecified atom stereocenters. The van der Waals surface area contributed by atoms with Crippen molar-refractivity contribution in [3.63, 3.8) is 0 Å². The summed E-state index contributed by atoms with van der Waals surface area (Å²) in [5.41, 5.74) is 0.245. The predicted molar refractivity (Wildman–Crippen MR) is 109 cm³/mol. The summed E-state index contributed by atoms with van der Waals surface area (Å²) in [6, 6.07) is 4.88. The maximum Gasteiger partial charge on any atom is 0.362 e. The highest BCUT2D eigenvalue weighted by molar-refractivity contribution is 5.94. The van der Waals surface area contributed by atoms with Gasteiger partial charge in [-0.25, -0.2) is 9.78 Å². The third-order valence-corrected chi connectivity index (χ3v) is 4.07. The van der Waals surface area contributed by atoms with Crippen LogP contribution in [0, 0.1) is 11.3 Å². The van der Waals surface area contributed by atoms with Gasteiger partial charge in [0.2, 0.25) is 17.5 Å². The number of hydrogen-bond donors (Lipinski definition) is 1. The van der Waals surface area contributed by atoms with E-state index in [0.717, 1.165) is 0 Å². The number of rotatable bonds is 11. The van der Waals surface area contributed by atoms with Gasteiger partial charge in [-0.3, -0.25) is 4.79 Å². The molecule has 164 valence electrons. The number of ether oxygens (including phenoxy) is 4. The molecule has 0 aliphatic rings. The molecule has 31 heavy (non-hydrogen) atoms. The summed E-state index contributed by atoms with van der Waals surface area (Å²) in [6.45, 7) is 3.08. The molecule has 0 spiro atoms. The Hall–Kier alpha value is -4.00. The first-order valence-corrected chi connectivity index (χ1v) is 9.20. The number of oxazole rings is 1. The van der Waals surface area contributed by atoms with Crippen LogP contribution in [0.3, 0.4) is 0 Å². The van der Waals surface area contributed by atoms with Crippen molar-refractivity contribution in [2.24, 2.45) is 0 Å². The molecular formula is C21H23N3O7. The summed E-state index contributed by atoms with van der Waals surface area (Å²) in [6.07, 6.45) is 2.43. The Balaban J connectivity index is 2.46. The van der Waals surface area contributed by atoms with Crippen molar-refractivity contribution in [2.45, 2.75) is 19.4 Å². The molecule has 1 heterocycles. The van der Waals surface area contributed by atoms with Crippen LogP contribution in [0.25, 0.3) is 11.3 Å². The molecular weight excluding hydrogens is 406 g/mol. The van der Waals surface area contributed by atoms with E-state index in [2.05, 4.69) is 16.9 Å². The second-order valence-electron chi connectivity index (χ2n) is 6.04. The van der Waals surface area contributed by atoms with Crippen LogP contribution >= 0.6 is 0 Å². The number of benzene rings is 1. The highest BCUT2D eigenvalue weighted by atomic mass is 16.5. The van der Waals surface area contributed by atoms with Gasteiger partial charge in [-0.15, -0.1) is 6.58 Å². The molecule has 0 fully saturated rings. The van der Waals surface area contributed by atoms with E-state index in [4.69, 9.17) is 28.6 Å². The number of esters is 1. The van der Waals surface area contributed by atoms with E-state index in [1.165, 1.54) is 21.3 Å². The van der Waals surface area contributed by atoms with Crippen molar-refractivity contribution in [3.05, 3.63) is 36.4 Å². The Morgan fingerprint density at radius 3 is 2.45 bits per heavy atom. The standard InChI is InChI=1S/C21H23N3O7/c1-5-6-7-16(25)23-12-17-24-18(21(26)30-9-8-22)19(31-17)13-10-14(27-2)20(29-4)15(11-13)28-3/h5,10-11H,1,6-7,9,12H2,2-4H3,(H,23,25). The summed E-state index contributed by atoms with van der Waals surface area (Å²) in [5, 5.41) is 11.3. The van der Waals surface area contributed by atoms with E-state index >= 15 is 0 Å². The van der Waals surface area contributed by atoms with Gasteiger partial charge in [0.25, 0.3) is 0 Å². The van der Waals surface area contributed by atoms with Crippen LogP contribution in [0.5, 0.6) is 17.2 Å². The molecule has 1 aromatic carbocycles. The van der Waals surface area contributed by atoms with E-state index < -0.39 is 12.6 Å². The number of carbonyl (C=O) groups excluding carboxylic acids is 2. The minimum Gasteiger partial charge on any atom is -0.493 e. The number of aromatic nitrogens is 1.